The average Bonchev–Trinajstić information content (AvgIpc) is 2.69. The number of nitrogens with zero attached hydrogens (tertiary/aromatic N) is 1. The van der Waals surface area contributed by atoms with E-state index in [1.165, 1.54) is 0 Å². The second kappa shape index (κ2) is 9.12. The normalized spacial score (nSPS) is 11.6. The predicted molar refractivity (Wildman–Crippen MR) is 102 cm³/mol. The highest BCUT2D eigenvalue weighted by Gasteiger charge is 2.30. The summed E-state index contributed by atoms with van der Waals surface area (Å²) in [4.78, 5) is 33.9. The zero-order valence-corrected chi connectivity index (χ0v) is 16.7. The molecule has 0 unspecified atom stereocenters. The molecule has 2 aromatic carbocycles. The number of non-ortho nitro benzene ring substituents is 1. The van der Waals surface area contributed by atoms with Crippen LogP contribution < -0.4 is 10.6 Å². The first-order valence-electron chi connectivity index (χ1n) is 8.52. The largest absolute Gasteiger partial charge is 0.416 e. The van der Waals surface area contributed by atoms with Crippen LogP contribution in [0.25, 0.3) is 0 Å². The van der Waals surface area contributed by atoms with Gasteiger partial charge in [-0.1, -0.05) is 0 Å². The third-order valence-corrected chi connectivity index (χ3v) is 5.05. The van der Waals surface area contributed by atoms with Gasteiger partial charge in [-0.3, -0.25) is 19.7 Å². The summed E-state index contributed by atoms with van der Waals surface area (Å²) < 4.78 is 60.9. The van der Waals surface area contributed by atoms with E-state index in [0.717, 1.165) is 48.7 Å². The molecular weight excluding hydrogens is 443 g/mol. The Labute approximate surface area is 174 Å². The Balaban J connectivity index is 1.97. The summed E-state index contributed by atoms with van der Waals surface area (Å²) in [5, 5.41) is 15.7. The molecule has 0 atom stereocenters. The van der Waals surface area contributed by atoms with Crippen molar-refractivity contribution in [1.82, 2.24) is 10.6 Å². The van der Waals surface area contributed by atoms with Gasteiger partial charge in [-0.2, -0.15) is 13.2 Å². The van der Waals surface area contributed by atoms with Gasteiger partial charge >= 0.3 is 6.18 Å². The Kier molecular flexibility index (Phi) is 7.00. The molecule has 0 bridgehead atoms. The minimum Gasteiger partial charge on any atom is -0.350 e. The van der Waals surface area contributed by atoms with E-state index in [4.69, 9.17) is 0 Å². The topological polar surface area (TPSA) is 135 Å². The molecule has 0 aliphatic carbocycles. The molecule has 0 spiro atoms. The lowest BCUT2D eigenvalue weighted by atomic mass is 10.1. The number of rotatable bonds is 7. The summed E-state index contributed by atoms with van der Waals surface area (Å²) in [7, 11) is -3.81. The van der Waals surface area contributed by atoms with Crippen molar-refractivity contribution in [3.63, 3.8) is 0 Å². The Hall–Kier alpha value is -3.48. The van der Waals surface area contributed by atoms with E-state index in [0.29, 0.717) is 0 Å². The first-order valence-corrected chi connectivity index (χ1v) is 10.4. The van der Waals surface area contributed by atoms with Crippen LogP contribution in [0.4, 0.5) is 18.9 Å². The Morgan fingerprint density at radius 1 is 0.968 bits per heavy atom. The molecule has 2 amide bonds. The molecular formula is C18H16F3N3O6S. The van der Waals surface area contributed by atoms with Gasteiger partial charge in [-0.25, -0.2) is 8.42 Å². The van der Waals surface area contributed by atoms with Crippen molar-refractivity contribution in [2.75, 3.05) is 19.3 Å². The number of nitro groups is 1. The molecule has 2 N–H and O–H groups in total. The van der Waals surface area contributed by atoms with Crippen molar-refractivity contribution in [3.8, 4) is 0 Å². The molecule has 2 rings (SSSR count). The number of hydrogen-bond donors (Lipinski definition) is 2. The molecule has 0 aliphatic heterocycles. The molecule has 0 saturated carbocycles. The number of carbonyl (C=O) groups is 2. The monoisotopic (exact) mass is 459 g/mol. The number of nitro benzene ring substituents is 1. The van der Waals surface area contributed by atoms with Crippen LogP contribution >= 0.6 is 0 Å². The zero-order chi connectivity index (χ0) is 23.4. The van der Waals surface area contributed by atoms with E-state index in [-0.39, 0.29) is 24.2 Å². The van der Waals surface area contributed by atoms with Crippen LogP contribution in [0.3, 0.4) is 0 Å². The molecule has 0 aliphatic rings. The summed E-state index contributed by atoms with van der Waals surface area (Å²) in [6.07, 6.45) is -3.69. The lowest BCUT2D eigenvalue weighted by molar-refractivity contribution is -0.385. The molecule has 13 heteroatoms. The third kappa shape index (κ3) is 6.50. The lowest BCUT2D eigenvalue weighted by Gasteiger charge is -2.09. The van der Waals surface area contributed by atoms with Crippen LogP contribution in [-0.4, -0.2) is 44.5 Å². The minimum atomic E-state index is -4.53. The van der Waals surface area contributed by atoms with E-state index in [1.807, 2.05) is 0 Å². The number of benzene rings is 2. The van der Waals surface area contributed by atoms with Crippen molar-refractivity contribution in [2.24, 2.45) is 0 Å². The highest BCUT2D eigenvalue weighted by atomic mass is 32.2. The fourth-order valence-electron chi connectivity index (χ4n) is 2.40. The molecule has 0 radical (unpaired) electrons. The number of alkyl halides is 3. The van der Waals surface area contributed by atoms with E-state index in [2.05, 4.69) is 10.6 Å². The average molecular weight is 459 g/mol. The molecule has 166 valence electrons. The molecule has 2 aromatic rings. The van der Waals surface area contributed by atoms with Gasteiger partial charge in [-0.05, 0) is 30.3 Å². The summed E-state index contributed by atoms with van der Waals surface area (Å²) in [5.41, 5.74) is -1.76. The van der Waals surface area contributed by atoms with Crippen LogP contribution in [0.15, 0.2) is 47.4 Å². The minimum absolute atomic E-state index is 0.0178. The van der Waals surface area contributed by atoms with Gasteiger partial charge in [0.15, 0.2) is 9.84 Å². The van der Waals surface area contributed by atoms with Gasteiger partial charge in [0.25, 0.3) is 17.5 Å². The second-order valence-electron chi connectivity index (χ2n) is 6.33. The van der Waals surface area contributed by atoms with E-state index in [9.17, 15) is 41.3 Å². The zero-order valence-electron chi connectivity index (χ0n) is 15.9. The highest BCUT2D eigenvalue weighted by molar-refractivity contribution is 7.90. The van der Waals surface area contributed by atoms with Crippen LogP contribution in [0.5, 0.6) is 0 Å². The third-order valence-electron chi connectivity index (χ3n) is 3.96. The summed E-state index contributed by atoms with van der Waals surface area (Å²) in [5.74, 6) is -1.48. The molecule has 31 heavy (non-hydrogen) atoms. The maximum atomic E-state index is 12.5. The van der Waals surface area contributed by atoms with Crippen molar-refractivity contribution in [1.29, 1.82) is 0 Å². The molecule has 0 fully saturated rings. The van der Waals surface area contributed by atoms with E-state index < -0.39 is 48.9 Å². The summed E-state index contributed by atoms with van der Waals surface area (Å²) >= 11 is 0. The van der Waals surface area contributed by atoms with Crippen molar-refractivity contribution >= 4 is 27.3 Å². The molecule has 0 heterocycles. The maximum absolute atomic E-state index is 12.5. The Morgan fingerprint density at radius 3 is 1.94 bits per heavy atom. The molecule has 0 saturated heterocycles. The van der Waals surface area contributed by atoms with Crippen molar-refractivity contribution in [2.45, 2.75) is 11.1 Å². The number of amides is 2. The Bertz CT molecular complexity index is 1120. The van der Waals surface area contributed by atoms with Gasteiger partial charge in [0.2, 0.25) is 0 Å². The van der Waals surface area contributed by atoms with Gasteiger partial charge in [0.1, 0.15) is 0 Å². The lowest BCUT2D eigenvalue weighted by Crippen LogP contribution is -2.34. The Morgan fingerprint density at radius 2 is 1.48 bits per heavy atom. The highest BCUT2D eigenvalue weighted by Crippen LogP contribution is 2.29. The van der Waals surface area contributed by atoms with Gasteiger partial charge in [0, 0.05) is 42.6 Å². The maximum Gasteiger partial charge on any atom is 0.416 e. The van der Waals surface area contributed by atoms with Gasteiger partial charge in [-0.15, -0.1) is 0 Å². The number of carbonyl (C=O) groups excluding carboxylic acids is 2. The first kappa shape index (κ1) is 23.8. The fourth-order valence-corrected chi connectivity index (χ4v) is 3.08. The van der Waals surface area contributed by atoms with Crippen LogP contribution in [0.1, 0.15) is 26.3 Å². The van der Waals surface area contributed by atoms with Crippen LogP contribution in [-0.2, 0) is 16.0 Å². The molecule has 0 aromatic heterocycles. The summed E-state index contributed by atoms with van der Waals surface area (Å²) in [6, 6.07) is 6.26. The van der Waals surface area contributed by atoms with E-state index in [1.54, 1.807) is 0 Å². The number of halogens is 3. The molecule has 9 nitrogen and oxygen atoms in total. The van der Waals surface area contributed by atoms with Crippen LogP contribution in [0.2, 0.25) is 0 Å². The number of nitrogens with one attached hydrogen (secondary N) is 2. The number of hydrogen-bond acceptors (Lipinski definition) is 6. The second-order valence-corrected chi connectivity index (χ2v) is 8.35. The van der Waals surface area contributed by atoms with Crippen molar-refractivity contribution < 1.29 is 36.1 Å². The van der Waals surface area contributed by atoms with E-state index >= 15 is 0 Å². The standard InChI is InChI=1S/C18H16F3N3O6S/c1-31(29,30)15-9-12(8-14(10-15)24(27)28)17(26)23-7-6-22-16(25)11-2-4-13(5-3-11)18(19,20)21/h2-5,8-10H,6-7H2,1H3,(H,22,25)(H,23,26). The predicted octanol–water partition coefficient (Wildman–Crippen LogP) is 2.18. The SMILES string of the molecule is CS(=O)(=O)c1cc(C(=O)NCCNC(=O)c2ccc(C(F)(F)F)cc2)cc([N+](=O)[O-])c1. The number of sulfone groups is 1. The van der Waals surface area contributed by atoms with Gasteiger partial charge in [0.05, 0.1) is 15.4 Å². The first-order chi connectivity index (χ1) is 14.3. The van der Waals surface area contributed by atoms with Crippen molar-refractivity contribution in [3.05, 3.63) is 69.3 Å². The van der Waals surface area contributed by atoms with Crippen LogP contribution in [0, 0.1) is 10.1 Å². The smallest absolute Gasteiger partial charge is 0.350 e. The fraction of sp³-hybridized carbons (Fsp3) is 0.222. The van der Waals surface area contributed by atoms with Gasteiger partial charge < -0.3 is 10.6 Å². The quantitative estimate of drug-likeness (QED) is 0.370. The summed E-state index contributed by atoms with van der Waals surface area (Å²) in [6.45, 7) is -0.221.